The van der Waals surface area contributed by atoms with Gasteiger partial charge in [0.2, 0.25) is 0 Å². The van der Waals surface area contributed by atoms with Crippen molar-refractivity contribution in [2.75, 3.05) is 0 Å². The Morgan fingerprint density at radius 3 is 2.06 bits per heavy atom. The number of allylic oxidation sites excluding steroid dienone is 1. The first kappa shape index (κ1) is 27.6. The van der Waals surface area contributed by atoms with E-state index in [2.05, 4.69) is 144 Å². The molecule has 0 spiro atoms. The first-order valence-corrected chi connectivity index (χ1v) is 16.7. The molecule has 5 nitrogen and oxygen atoms in total. The Labute approximate surface area is 282 Å². The molecule has 6 aromatic carbocycles. The summed E-state index contributed by atoms with van der Waals surface area (Å²) in [6.07, 6.45) is 6.30. The number of nitrogens with zero attached hydrogens (tertiary/aromatic N) is 5. The van der Waals surface area contributed by atoms with Crippen LogP contribution >= 0.6 is 0 Å². The van der Waals surface area contributed by atoms with Crippen LogP contribution in [0.3, 0.4) is 0 Å². The summed E-state index contributed by atoms with van der Waals surface area (Å²) in [6, 6.07) is 48.7. The lowest BCUT2D eigenvalue weighted by atomic mass is 9.98. The van der Waals surface area contributed by atoms with Crippen LogP contribution in [0.25, 0.3) is 94.8 Å². The second kappa shape index (κ2) is 11.1. The molecule has 1 aliphatic rings. The topological polar surface area (TPSA) is 56.5 Å². The Balaban J connectivity index is 1.07. The van der Waals surface area contributed by atoms with Gasteiger partial charge < -0.3 is 4.57 Å². The molecule has 0 saturated heterocycles. The Kier molecular flexibility index (Phi) is 6.24. The van der Waals surface area contributed by atoms with E-state index < -0.39 is 0 Å². The zero-order chi connectivity index (χ0) is 32.3. The van der Waals surface area contributed by atoms with Crippen molar-refractivity contribution in [2.24, 2.45) is 0 Å². The number of hydrogen-bond donors (Lipinski definition) is 0. The quantitative estimate of drug-likeness (QED) is 0.195. The number of hydrogen-bond acceptors (Lipinski definition) is 4. The van der Waals surface area contributed by atoms with Gasteiger partial charge in [-0.05, 0) is 46.5 Å². The highest BCUT2D eigenvalue weighted by Gasteiger charge is 2.20. The predicted molar refractivity (Wildman–Crippen MR) is 201 cm³/mol. The van der Waals surface area contributed by atoms with Gasteiger partial charge in [0.1, 0.15) is 11.3 Å². The molecule has 49 heavy (non-hydrogen) atoms. The molecule has 230 valence electrons. The minimum atomic E-state index is 0.710. The number of fused-ring (bicyclic) bond motifs is 7. The second-order valence-electron chi connectivity index (χ2n) is 12.6. The highest BCUT2D eigenvalue weighted by Crippen LogP contribution is 2.37. The second-order valence-corrected chi connectivity index (χ2v) is 12.6. The van der Waals surface area contributed by atoms with Crippen molar-refractivity contribution in [3.63, 3.8) is 0 Å². The van der Waals surface area contributed by atoms with Gasteiger partial charge in [-0.25, -0.2) is 19.9 Å². The molecule has 5 heteroatoms. The summed E-state index contributed by atoms with van der Waals surface area (Å²) in [5, 5.41) is 4.50. The average Bonchev–Trinajstić information content (AvgIpc) is 3.57. The summed E-state index contributed by atoms with van der Waals surface area (Å²) in [6.45, 7) is 0. The van der Waals surface area contributed by atoms with E-state index in [-0.39, 0.29) is 0 Å². The number of rotatable bonds is 4. The van der Waals surface area contributed by atoms with Crippen molar-refractivity contribution in [1.82, 2.24) is 24.5 Å². The average molecular weight is 628 g/mol. The van der Waals surface area contributed by atoms with E-state index in [0.717, 1.165) is 90.7 Å². The SMILES string of the molecule is C1=Cn2c(nc3c4ccccc4nc(-c4ccc(-c5cccc(-c6nc(-c7cccc8ccccc78)c7ccccc7n6)c5)cc4)c32)CC1. The van der Waals surface area contributed by atoms with E-state index in [0.29, 0.717) is 5.82 Å². The summed E-state index contributed by atoms with van der Waals surface area (Å²) >= 11 is 0. The zero-order valence-corrected chi connectivity index (χ0v) is 26.6. The molecule has 0 N–H and O–H groups in total. The molecule has 10 rings (SSSR count). The number of aryl methyl sites for hydroxylation is 1. The molecular formula is C44H29N5. The first-order valence-electron chi connectivity index (χ1n) is 16.7. The number of benzene rings is 6. The lowest BCUT2D eigenvalue weighted by Crippen LogP contribution is -2.01. The van der Waals surface area contributed by atoms with Crippen LogP contribution in [0.4, 0.5) is 0 Å². The maximum atomic E-state index is 5.23. The van der Waals surface area contributed by atoms with Gasteiger partial charge in [0.25, 0.3) is 0 Å². The van der Waals surface area contributed by atoms with Gasteiger partial charge >= 0.3 is 0 Å². The normalized spacial score (nSPS) is 12.7. The Hall–Kier alpha value is -6.46. The van der Waals surface area contributed by atoms with Crippen LogP contribution in [-0.2, 0) is 6.42 Å². The molecule has 0 amide bonds. The molecule has 0 aliphatic carbocycles. The van der Waals surface area contributed by atoms with Crippen LogP contribution in [0.15, 0.2) is 146 Å². The third kappa shape index (κ3) is 4.54. The number of aromatic nitrogens is 5. The van der Waals surface area contributed by atoms with Crippen molar-refractivity contribution in [3.05, 3.63) is 151 Å². The van der Waals surface area contributed by atoms with Crippen LogP contribution in [-0.4, -0.2) is 24.5 Å². The molecule has 0 saturated carbocycles. The number of imidazole rings is 1. The van der Waals surface area contributed by atoms with Gasteiger partial charge in [0.05, 0.1) is 27.9 Å². The standard InChI is InChI=1S/C44H29N5/c1-2-15-33-29(11-1)12-10-18-34(33)41-35-16-3-6-20-38(35)46-44(48-41)32-14-9-13-31(27-32)28-22-24-30(25-23-28)40-43-42(36-17-4-5-19-37(36)45-40)47-39-21-7-8-26-49(39)43/h1-6,8-20,22-27H,7,21H2. The largest absolute Gasteiger partial charge is 0.301 e. The van der Waals surface area contributed by atoms with Gasteiger partial charge in [-0.1, -0.05) is 127 Å². The zero-order valence-electron chi connectivity index (χ0n) is 26.6. The highest BCUT2D eigenvalue weighted by atomic mass is 15.1. The molecule has 4 heterocycles. The van der Waals surface area contributed by atoms with Crippen molar-refractivity contribution < 1.29 is 0 Å². The summed E-state index contributed by atoms with van der Waals surface area (Å²) in [5.41, 5.74) is 11.2. The molecule has 0 radical (unpaired) electrons. The van der Waals surface area contributed by atoms with E-state index in [9.17, 15) is 0 Å². The summed E-state index contributed by atoms with van der Waals surface area (Å²) in [7, 11) is 0. The van der Waals surface area contributed by atoms with Crippen LogP contribution in [0.5, 0.6) is 0 Å². The predicted octanol–water partition coefficient (Wildman–Crippen LogP) is 10.8. The molecular weight excluding hydrogens is 599 g/mol. The van der Waals surface area contributed by atoms with Crippen molar-refractivity contribution >= 4 is 49.8 Å². The van der Waals surface area contributed by atoms with E-state index in [1.54, 1.807) is 0 Å². The van der Waals surface area contributed by atoms with Crippen molar-refractivity contribution in [2.45, 2.75) is 12.8 Å². The first-order chi connectivity index (χ1) is 24.3. The van der Waals surface area contributed by atoms with Crippen LogP contribution in [0.2, 0.25) is 0 Å². The van der Waals surface area contributed by atoms with Gasteiger partial charge in [-0.3, -0.25) is 0 Å². The summed E-state index contributed by atoms with van der Waals surface area (Å²) < 4.78 is 2.22. The molecule has 0 fully saturated rings. The van der Waals surface area contributed by atoms with E-state index in [4.69, 9.17) is 19.9 Å². The minimum absolute atomic E-state index is 0.710. The molecule has 3 aromatic heterocycles. The fourth-order valence-corrected chi connectivity index (χ4v) is 7.27. The lowest BCUT2D eigenvalue weighted by molar-refractivity contribution is 0.848. The third-order valence-electron chi connectivity index (χ3n) is 9.65. The van der Waals surface area contributed by atoms with Crippen LogP contribution in [0.1, 0.15) is 12.2 Å². The molecule has 9 aromatic rings. The van der Waals surface area contributed by atoms with Gasteiger partial charge in [0, 0.05) is 40.1 Å². The third-order valence-corrected chi connectivity index (χ3v) is 9.65. The fourth-order valence-electron chi connectivity index (χ4n) is 7.27. The molecule has 0 atom stereocenters. The highest BCUT2D eigenvalue weighted by molar-refractivity contribution is 6.08. The molecule has 0 unspecified atom stereocenters. The van der Waals surface area contributed by atoms with Crippen molar-refractivity contribution in [1.29, 1.82) is 0 Å². The summed E-state index contributed by atoms with van der Waals surface area (Å²) in [4.78, 5) is 20.5. The van der Waals surface area contributed by atoms with Crippen LogP contribution < -0.4 is 0 Å². The Morgan fingerprint density at radius 1 is 0.490 bits per heavy atom. The maximum Gasteiger partial charge on any atom is 0.160 e. The minimum Gasteiger partial charge on any atom is -0.301 e. The smallest absolute Gasteiger partial charge is 0.160 e. The Bertz CT molecular complexity index is 2770. The Morgan fingerprint density at radius 2 is 1.18 bits per heavy atom. The lowest BCUT2D eigenvalue weighted by Gasteiger charge is -2.13. The van der Waals surface area contributed by atoms with E-state index in [1.807, 2.05) is 12.1 Å². The molecule has 1 aliphatic heterocycles. The van der Waals surface area contributed by atoms with Crippen LogP contribution in [0, 0.1) is 0 Å². The molecule has 0 bridgehead atoms. The number of pyridine rings is 1. The van der Waals surface area contributed by atoms with Gasteiger partial charge in [0.15, 0.2) is 5.82 Å². The number of para-hydroxylation sites is 2. The fraction of sp³-hybridized carbons (Fsp3) is 0.0455. The van der Waals surface area contributed by atoms with E-state index >= 15 is 0 Å². The van der Waals surface area contributed by atoms with Crippen molar-refractivity contribution in [3.8, 4) is 45.0 Å². The monoisotopic (exact) mass is 627 g/mol. The maximum absolute atomic E-state index is 5.23. The van der Waals surface area contributed by atoms with Gasteiger partial charge in [-0.2, -0.15) is 0 Å². The van der Waals surface area contributed by atoms with E-state index in [1.165, 1.54) is 10.8 Å². The summed E-state index contributed by atoms with van der Waals surface area (Å²) in [5.74, 6) is 1.80. The van der Waals surface area contributed by atoms with Gasteiger partial charge in [-0.15, -0.1) is 0 Å².